The molecule has 24 heavy (non-hydrogen) atoms. The second-order valence-corrected chi connectivity index (χ2v) is 5.57. The van der Waals surface area contributed by atoms with Crippen LogP contribution >= 0.6 is 0 Å². The number of hydrogen-bond donors (Lipinski definition) is 1. The summed E-state index contributed by atoms with van der Waals surface area (Å²) in [7, 11) is 0. The quantitative estimate of drug-likeness (QED) is 0.768. The van der Waals surface area contributed by atoms with Crippen molar-refractivity contribution in [3.63, 3.8) is 0 Å². The van der Waals surface area contributed by atoms with Crippen molar-refractivity contribution in [2.75, 3.05) is 11.9 Å². The fourth-order valence-corrected chi connectivity index (χ4v) is 2.45. The summed E-state index contributed by atoms with van der Waals surface area (Å²) in [5.74, 6) is -0.587. The minimum absolute atomic E-state index is 0.0509. The molecule has 2 aromatic rings. The Morgan fingerprint density at radius 2 is 1.67 bits per heavy atom. The third-order valence-electron chi connectivity index (χ3n) is 3.75. The van der Waals surface area contributed by atoms with Gasteiger partial charge in [-0.05, 0) is 42.7 Å². The first-order valence-electron chi connectivity index (χ1n) is 8.28. The normalized spacial score (nSPS) is 11.6. The van der Waals surface area contributed by atoms with Gasteiger partial charge in [-0.15, -0.1) is 0 Å². The minimum Gasteiger partial charge on any atom is -0.462 e. The Morgan fingerprint density at radius 3 is 2.25 bits per heavy atom. The average molecular weight is 325 g/mol. The Bertz CT molecular complexity index is 665. The van der Waals surface area contributed by atoms with Crippen LogP contribution in [0.2, 0.25) is 0 Å². The number of amides is 1. The number of ether oxygens (including phenoxy) is 1. The molecule has 0 aromatic heterocycles. The van der Waals surface area contributed by atoms with Gasteiger partial charge in [0.05, 0.1) is 18.1 Å². The van der Waals surface area contributed by atoms with E-state index in [9.17, 15) is 9.59 Å². The van der Waals surface area contributed by atoms with E-state index in [1.165, 1.54) is 0 Å². The summed E-state index contributed by atoms with van der Waals surface area (Å²) in [5.41, 5.74) is 2.15. The van der Waals surface area contributed by atoms with Crippen molar-refractivity contribution >= 4 is 17.6 Å². The van der Waals surface area contributed by atoms with Gasteiger partial charge in [0.25, 0.3) is 0 Å². The number of hydrogen-bond acceptors (Lipinski definition) is 3. The summed E-state index contributed by atoms with van der Waals surface area (Å²) in [6.07, 6.45) is 1.51. The highest BCUT2D eigenvalue weighted by Crippen LogP contribution is 2.21. The van der Waals surface area contributed by atoms with E-state index >= 15 is 0 Å². The second-order valence-electron chi connectivity index (χ2n) is 5.57. The van der Waals surface area contributed by atoms with Crippen molar-refractivity contribution in [1.29, 1.82) is 0 Å². The Balaban J connectivity index is 2.02. The van der Waals surface area contributed by atoms with Crippen LogP contribution in [0, 0.1) is 0 Å². The van der Waals surface area contributed by atoms with Gasteiger partial charge < -0.3 is 10.1 Å². The van der Waals surface area contributed by atoms with Gasteiger partial charge in [-0.25, -0.2) is 4.79 Å². The predicted octanol–water partition coefficient (Wildman–Crippen LogP) is 4.39. The molecule has 0 bridgehead atoms. The zero-order chi connectivity index (χ0) is 17.4. The molecule has 1 amide bonds. The summed E-state index contributed by atoms with van der Waals surface area (Å²) in [5, 5.41) is 2.91. The van der Waals surface area contributed by atoms with Crippen molar-refractivity contribution in [1.82, 2.24) is 0 Å². The fourth-order valence-electron chi connectivity index (χ4n) is 2.45. The Hall–Kier alpha value is -2.62. The first-order chi connectivity index (χ1) is 11.7. The summed E-state index contributed by atoms with van der Waals surface area (Å²) < 4.78 is 5.09. The molecular formula is C20H23NO3. The van der Waals surface area contributed by atoms with Crippen LogP contribution in [0.4, 0.5) is 5.69 Å². The zero-order valence-corrected chi connectivity index (χ0v) is 14.1. The average Bonchev–Trinajstić information content (AvgIpc) is 2.62. The molecule has 0 aliphatic carbocycles. The molecule has 1 N–H and O–H groups in total. The van der Waals surface area contributed by atoms with Gasteiger partial charge in [0.1, 0.15) is 0 Å². The SMILES string of the molecule is CCCOC(=O)c1ccc(NC(=O)C(CC)c2ccccc2)cc1. The molecule has 1 unspecified atom stereocenters. The molecule has 0 spiro atoms. The van der Waals surface area contributed by atoms with Gasteiger partial charge in [-0.1, -0.05) is 44.2 Å². The molecular weight excluding hydrogens is 302 g/mol. The third kappa shape index (κ3) is 4.69. The van der Waals surface area contributed by atoms with Crippen LogP contribution in [0.3, 0.4) is 0 Å². The molecule has 2 aromatic carbocycles. The lowest BCUT2D eigenvalue weighted by Crippen LogP contribution is -2.20. The molecule has 0 aliphatic heterocycles. The number of anilines is 1. The molecule has 0 fully saturated rings. The molecule has 1 atom stereocenters. The van der Waals surface area contributed by atoms with Crippen LogP contribution in [0.1, 0.15) is 48.5 Å². The molecule has 4 nitrogen and oxygen atoms in total. The molecule has 0 radical (unpaired) electrons. The van der Waals surface area contributed by atoms with E-state index in [1.54, 1.807) is 24.3 Å². The topological polar surface area (TPSA) is 55.4 Å². The predicted molar refractivity (Wildman–Crippen MR) is 95.1 cm³/mol. The molecule has 0 saturated carbocycles. The second kappa shape index (κ2) is 8.87. The number of carbonyl (C=O) groups is 2. The van der Waals surface area contributed by atoms with Crippen molar-refractivity contribution in [2.45, 2.75) is 32.6 Å². The maximum atomic E-state index is 12.5. The molecule has 126 valence electrons. The van der Waals surface area contributed by atoms with Gasteiger partial charge in [-0.2, -0.15) is 0 Å². The highest BCUT2D eigenvalue weighted by molar-refractivity contribution is 5.96. The Labute approximate surface area is 142 Å². The van der Waals surface area contributed by atoms with Crippen molar-refractivity contribution in [2.24, 2.45) is 0 Å². The number of carbonyl (C=O) groups excluding carboxylic acids is 2. The molecule has 0 aliphatic rings. The van der Waals surface area contributed by atoms with Crippen LogP contribution in [0.15, 0.2) is 54.6 Å². The molecule has 2 rings (SSSR count). The van der Waals surface area contributed by atoms with Crippen LogP contribution in [-0.2, 0) is 9.53 Å². The van der Waals surface area contributed by atoms with E-state index in [2.05, 4.69) is 5.32 Å². The smallest absolute Gasteiger partial charge is 0.338 e. The Kier molecular flexibility index (Phi) is 6.55. The van der Waals surface area contributed by atoms with Gasteiger partial charge in [-0.3, -0.25) is 4.79 Å². The van der Waals surface area contributed by atoms with Crippen LogP contribution in [0.25, 0.3) is 0 Å². The number of benzene rings is 2. The van der Waals surface area contributed by atoms with E-state index in [1.807, 2.05) is 44.2 Å². The lowest BCUT2D eigenvalue weighted by atomic mass is 9.95. The standard InChI is InChI=1S/C20H23NO3/c1-3-14-24-20(23)16-10-12-17(13-11-16)21-19(22)18(4-2)15-8-6-5-7-9-15/h5-13,18H,3-4,14H2,1-2H3,(H,21,22). The lowest BCUT2D eigenvalue weighted by Gasteiger charge is -2.15. The molecule has 4 heteroatoms. The fraction of sp³-hybridized carbons (Fsp3) is 0.300. The number of nitrogens with one attached hydrogen (secondary N) is 1. The highest BCUT2D eigenvalue weighted by Gasteiger charge is 2.18. The van der Waals surface area contributed by atoms with Crippen LogP contribution in [0.5, 0.6) is 0 Å². The van der Waals surface area contributed by atoms with Gasteiger partial charge in [0.2, 0.25) is 5.91 Å². The summed E-state index contributed by atoms with van der Waals surface area (Å²) in [6, 6.07) is 16.5. The summed E-state index contributed by atoms with van der Waals surface area (Å²) in [4.78, 5) is 24.3. The zero-order valence-electron chi connectivity index (χ0n) is 14.1. The Morgan fingerprint density at radius 1 is 1.00 bits per heavy atom. The lowest BCUT2D eigenvalue weighted by molar-refractivity contribution is -0.117. The molecule has 0 saturated heterocycles. The summed E-state index contributed by atoms with van der Waals surface area (Å²) in [6.45, 7) is 4.35. The van der Waals surface area contributed by atoms with Crippen LogP contribution in [-0.4, -0.2) is 18.5 Å². The minimum atomic E-state index is -0.342. The van der Waals surface area contributed by atoms with E-state index in [-0.39, 0.29) is 17.8 Å². The van der Waals surface area contributed by atoms with Crippen LogP contribution < -0.4 is 5.32 Å². The van der Waals surface area contributed by atoms with Crippen molar-refractivity contribution in [3.05, 3.63) is 65.7 Å². The summed E-state index contributed by atoms with van der Waals surface area (Å²) >= 11 is 0. The maximum Gasteiger partial charge on any atom is 0.338 e. The van der Waals surface area contributed by atoms with Gasteiger partial charge in [0.15, 0.2) is 0 Å². The number of rotatable bonds is 7. The first kappa shape index (κ1) is 17.7. The van der Waals surface area contributed by atoms with Crippen molar-refractivity contribution in [3.8, 4) is 0 Å². The monoisotopic (exact) mass is 325 g/mol. The number of esters is 1. The van der Waals surface area contributed by atoms with E-state index in [4.69, 9.17) is 4.74 Å². The molecule has 0 heterocycles. The van der Waals surface area contributed by atoms with Gasteiger partial charge in [0, 0.05) is 5.69 Å². The van der Waals surface area contributed by atoms with Crippen molar-refractivity contribution < 1.29 is 14.3 Å². The third-order valence-corrected chi connectivity index (χ3v) is 3.75. The van der Waals surface area contributed by atoms with E-state index in [0.717, 1.165) is 18.4 Å². The highest BCUT2D eigenvalue weighted by atomic mass is 16.5. The maximum absolute atomic E-state index is 12.5. The van der Waals surface area contributed by atoms with E-state index in [0.29, 0.717) is 17.9 Å². The largest absolute Gasteiger partial charge is 0.462 e. The van der Waals surface area contributed by atoms with Gasteiger partial charge >= 0.3 is 5.97 Å². The first-order valence-corrected chi connectivity index (χ1v) is 8.28. The van der Waals surface area contributed by atoms with E-state index < -0.39 is 0 Å².